The maximum Gasteiger partial charge on any atom is 0.416 e. The van der Waals surface area contributed by atoms with E-state index in [1.807, 2.05) is 0 Å². The van der Waals surface area contributed by atoms with E-state index in [0.717, 1.165) is 12.1 Å². The van der Waals surface area contributed by atoms with Gasteiger partial charge in [-0.1, -0.05) is 23.7 Å². The minimum absolute atomic E-state index is 0.0141. The van der Waals surface area contributed by atoms with E-state index in [4.69, 9.17) is 11.6 Å². The first-order valence-corrected chi connectivity index (χ1v) is 9.52. The van der Waals surface area contributed by atoms with E-state index in [0.29, 0.717) is 10.6 Å². The van der Waals surface area contributed by atoms with Crippen LogP contribution in [0.2, 0.25) is 5.02 Å². The lowest BCUT2D eigenvalue weighted by Crippen LogP contribution is -2.31. The molecular formula is C17H15ClF3NO3S. The zero-order chi connectivity index (χ0) is 19.4. The molecule has 0 radical (unpaired) electrons. The molecule has 0 aliphatic heterocycles. The average Bonchev–Trinajstić information content (AvgIpc) is 2.54. The molecule has 4 nitrogen and oxygen atoms in total. The summed E-state index contributed by atoms with van der Waals surface area (Å²) in [5.74, 6) is -1.41. The Balaban J connectivity index is 1.86. The fraction of sp³-hybridized carbons (Fsp3) is 0.235. The summed E-state index contributed by atoms with van der Waals surface area (Å²) >= 11 is 5.69. The second kappa shape index (κ2) is 8.09. The molecule has 0 fully saturated rings. The van der Waals surface area contributed by atoms with E-state index in [1.54, 1.807) is 0 Å². The van der Waals surface area contributed by atoms with E-state index in [-0.39, 0.29) is 17.9 Å². The van der Waals surface area contributed by atoms with Crippen molar-refractivity contribution in [1.29, 1.82) is 0 Å². The third kappa shape index (κ3) is 5.74. The molecule has 2 aromatic carbocycles. The van der Waals surface area contributed by atoms with E-state index in [1.165, 1.54) is 36.4 Å². The summed E-state index contributed by atoms with van der Waals surface area (Å²) in [7, 11) is -3.79. The van der Waals surface area contributed by atoms with Crippen LogP contribution in [0, 0.1) is 0 Å². The first-order chi connectivity index (χ1) is 12.1. The van der Waals surface area contributed by atoms with Crippen LogP contribution in [0.1, 0.15) is 11.1 Å². The van der Waals surface area contributed by atoms with Crippen molar-refractivity contribution in [3.63, 3.8) is 0 Å². The van der Waals surface area contributed by atoms with Gasteiger partial charge in [-0.3, -0.25) is 4.79 Å². The number of alkyl halides is 3. The zero-order valence-corrected chi connectivity index (χ0v) is 15.0. The number of amides is 1. The molecule has 0 aliphatic carbocycles. The molecule has 0 saturated heterocycles. The van der Waals surface area contributed by atoms with Gasteiger partial charge in [-0.25, -0.2) is 8.42 Å². The van der Waals surface area contributed by atoms with E-state index in [2.05, 4.69) is 5.32 Å². The number of rotatable bonds is 6. The lowest BCUT2D eigenvalue weighted by Gasteiger charge is -2.09. The van der Waals surface area contributed by atoms with Crippen LogP contribution in [0.5, 0.6) is 0 Å². The number of carbonyl (C=O) groups excluding carboxylic acids is 1. The molecule has 0 atom stereocenters. The molecule has 9 heteroatoms. The predicted octanol–water partition coefficient (Wildman–Crippen LogP) is 3.49. The summed E-state index contributed by atoms with van der Waals surface area (Å²) in [5.41, 5.74) is -0.154. The normalized spacial score (nSPS) is 12.0. The number of hydrogen-bond acceptors (Lipinski definition) is 3. The molecule has 1 amide bonds. The van der Waals surface area contributed by atoms with Crippen molar-refractivity contribution in [1.82, 2.24) is 5.32 Å². The van der Waals surface area contributed by atoms with Crippen LogP contribution in [0.3, 0.4) is 0 Å². The van der Waals surface area contributed by atoms with E-state index < -0.39 is 33.2 Å². The molecule has 0 bridgehead atoms. The summed E-state index contributed by atoms with van der Waals surface area (Å²) in [6.07, 6.45) is -4.12. The van der Waals surface area contributed by atoms with Crippen molar-refractivity contribution < 1.29 is 26.4 Å². The highest BCUT2D eigenvalue weighted by molar-refractivity contribution is 7.92. The van der Waals surface area contributed by atoms with Gasteiger partial charge in [-0.05, 0) is 48.4 Å². The van der Waals surface area contributed by atoms with Gasteiger partial charge in [0.15, 0.2) is 9.84 Å². The monoisotopic (exact) mass is 405 g/mol. The van der Waals surface area contributed by atoms with Crippen LogP contribution in [-0.4, -0.2) is 26.6 Å². The number of sulfone groups is 1. The highest BCUT2D eigenvalue weighted by Gasteiger charge is 2.29. The molecule has 140 valence electrons. The molecule has 0 unspecified atom stereocenters. The van der Waals surface area contributed by atoms with Gasteiger partial charge in [0.2, 0.25) is 5.91 Å². The van der Waals surface area contributed by atoms with Crippen molar-refractivity contribution in [3.8, 4) is 0 Å². The predicted molar refractivity (Wildman–Crippen MR) is 91.7 cm³/mol. The number of hydrogen-bond donors (Lipinski definition) is 1. The van der Waals surface area contributed by atoms with Gasteiger partial charge in [-0.2, -0.15) is 13.2 Å². The smallest absolute Gasteiger partial charge is 0.355 e. The van der Waals surface area contributed by atoms with Gasteiger partial charge >= 0.3 is 6.18 Å². The zero-order valence-electron chi connectivity index (χ0n) is 13.4. The molecule has 26 heavy (non-hydrogen) atoms. The molecule has 0 aliphatic rings. The third-order valence-electron chi connectivity index (χ3n) is 3.51. The van der Waals surface area contributed by atoms with Crippen molar-refractivity contribution >= 4 is 27.3 Å². The molecule has 2 aromatic rings. The summed E-state index contributed by atoms with van der Waals surface area (Å²) in [6, 6.07) is 10.0. The number of halogens is 4. The van der Waals surface area contributed by atoms with Gasteiger partial charge in [0, 0.05) is 11.6 Å². The Morgan fingerprint density at radius 2 is 1.58 bits per heavy atom. The summed E-state index contributed by atoms with van der Waals surface area (Å²) in [4.78, 5) is 11.8. The van der Waals surface area contributed by atoms with E-state index >= 15 is 0 Å². The van der Waals surface area contributed by atoms with Gasteiger partial charge < -0.3 is 5.32 Å². The maximum atomic E-state index is 12.5. The number of carbonyl (C=O) groups is 1. The molecule has 0 aromatic heterocycles. The van der Waals surface area contributed by atoms with Gasteiger partial charge in [-0.15, -0.1) is 0 Å². The van der Waals surface area contributed by atoms with Crippen LogP contribution in [0.25, 0.3) is 0 Å². The van der Waals surface area contributed by atoms with Crippen LogP contribution in [-0.2, 0) is 27.2 Å². The molecule has 0 heterocycles. The van der Waals surface area contributed by atoms with Crippen LogP contribution < -0.4 is 5.32 Å². The van der Waals surface area contributed by atoms with Crippen LogP contribution >= 0.6 is 11.6 Å². The van der Waals surface area contributed by atoms with Crippen molar-refractivity contribution in [2.75, 3.05) is 12.3 Å². The highest BCUT2D eigenvalue weighted by Crippen LogP contribution is 2.29. The van der Waals surface area contributed by atoms with Crippen molar-refractivity contribution in [3.05, 3.63) is 64.7 Å². The lowest BCUT2D eigenvalue weighted by atomic mass is 10.1. The molecule has 1 N–H and O–H groups in total. The standard InChI is InChI=1S/C17H15ClF3NO3S/c18-14-5-7-15(8-6-14)26(24,25)11-16(23)22-10-9-12-1-3-13(4-2-12)17(19,20)21/h1-8H,9-11H2,(H,22,23). The van der Waals surface area contributed by atoms with Crippen molar-refractivity contribution in [2.24, 2.45) is 0 Å². The Bertz CT molecular complexity index is 864. The fourth-order valence-electron chi connectivity index (χ4n) is 2.16. The molecular weight excluding hydrogens is 391 g/mol. The summed E-state index contributed by atoms with van der Waals surface area (Å²) in [5, 5.41) is 2.83. The first-order valence-electron chi connectivity index (χ1n) is 7.49. The second-order valence-corrected chi connectivity index (χ2v) is 7.93. The largest absolute Gasteiger partial charge is 0.416 e. The van der Waals surface area contributed by atoms with E-state index in [9.17, 15) is 26.4 Å². The minimum atomic E-state index is -4.40. The minimum Gasteiger partial charge on any atom is -0.355 e. The second-order valence-electron chi connectivity index (χ2n) is 5.51. The van der Waals surface area contributed by atoms with Gasteiger partial charge in [0.25, 0.3) is 0 Å². The Kier molecular flexibility index (Phi) is 6.30. The number of nitrogens with one attached hydrogen (secondary N) is 1. The van der Waals surface area contributed by atoms with Gasteiger partial charge in [0.05, 0.1) is 10.5 Å². The molecule has 2 rings (SSSR count). The lowest BCUT2D eigenvalue weighted by molar-refractivity contribution is -0.137. The first kappa shape index (κ1) is 20.3. The molecule has 0 spiro atoms. The van der Waals surface area contributed by atoms with Crippen LogP contribution in [0.15, 0.2) is 53.4 Å². The fourth-order valence-corrected chi connectivity index (χ4v) is 3.45. The topological polar surface area (TPSA) is 63.2 Å². The van der Waals surface area contributed by atoms with Gasteiger partial charge in [0.1, 0.15) is 5.75 Å². The highest BCUT2D eigenvalue weighted by atomic mass is 35.5. The Morgan fingerprint density at radius 1 is 1.00 bits per heavy atom. The van der Waals surface area contributed by atoms with Crippen molar-refractivity contribution in [2.45, 2.75) is 17.5 Å². The molecule has 0 saturated carbocycles. The quantitative estimate of drug-likeness (QED) is 0.800. The maximum absolute atomic E-state index is 12.5. The Labute approximate surface area is 153 Å². The third-order valence-corrected chi connectivity index (χ3v) is 5.40. The summed E-state index contributed by atoms with van der Waals surface area (Å²) < 4.78 is 61.6. The number of benzene rings is 2. The Morgan fingerprint density at radius 3 is 2.12 bits per heavy atom. The Hall–Kier alpha value is -2.06. The van der Waals surface area contributed by atoms with Crippen LogP contribution in [0.4, 0.5) is 13.2 Å². The average molecular weight is 406 g/mol. The summed E-state index contributed by atoms with van der Waals surface area (Å²) in [6.45, 7) is 0.111. The SMILES string of the molecule is O=C(CS(=O)(=O)c1ccc(Cl)cc1)NCCc1ccc(C(F)(F)F)cc1.